The number of hydrogen-bond donors (Lipinski definition) is 0. The Kier molecular flexibility index (Phi) is 4.09. The summed E-state index contributed by atoms with van der Waals surface area (Å²) in [6.45, 7) is 0. The summed E-state index contributed by atoms with van der Waals surface area (Å²) < 4.78 is 0. The summed E-state index contributed by atoms with van der Waals surface area (Å²) in [7, 11) is 0. The molecule has 4 aromatic rings. The number of nitrogens with zero attached hydrogens (tertiary/aromatic N) is 2. The molecule has 0 N–H and O–H groups in total. The van der Waals surface area contributed by atoms with Gasteiger partial charge in [-0.25, -0.2) is 4.98 Å². The van der Waals surface area contributed by atoms with Crippen molar-refractivity contribution in [3.8, 4) is 10.6 Å². The summed E-state index contributed by atoms with van der Waals surface area (Å²) >= 11 is 1.66. The van der Waals surface area contributed by atoms with Gasteiger partial charge in [0, 0.05) is 28.5 Å². The zero-order valence-electron chi connectivity index (χ0n) is 13.0. The Bertz CT molecular complexity index is 864. The van der Waals surface area contributed by atoms with E-state index < -0.39 is 0 Å². The molecular formula is C21H16N2S. The standard InChI is InChI=1S/C21H16N2S/c1-3-9-17(10-4-1)23(18-11-5-2-6-12-18)20-14-8-7-13-19(20)21-22-15-16-24-21/h1-16H. The quantitative estimate of drug-likeness (QED) is 0.438. The van der Waals surface area contributed by atoms with E-state index in [0.29, 0.717) is 0 Å². The summed E-state index contributed by atoms with van der Waals surface area (Å²) in [5.74, 6) is 0. The number of rotatable bonds is 4. The molecule has 0 aliphatic carbocycles. The predicted octanol–water partition coefficient (Wildman–Crippen LogP) is 6.28. The fourth-order valence-electron chi connectivity index (χ4n) is 2.79. The van der Waals surface area contributed by atoms with Gasteiger partial charge in [-0.3, -0.25) is 0 Å². The molecule has 0 atom stereocenters. The maximum absolute atomic E-state index is 4.51. The van der Waals surface area contributed by atoms with Crippen LogP contribution in [0.2, 0.25) is 0 Å². The van der Waals surface area contributed by atoms with Gasteiger partial charge in [0.25, 0.3) is 0 Å². The van der Waals surface area contributed by atoms with Crippen LogP contribution in [0.1, 0.15) is 0 Å². The van der Waals surface area contributed by atoms with Crippen molar-refractivity contribution in [3.63, 3.8) is 0 Å². The van der Waals surface area contributed by atoms with Gasteiger partial charge in [-0.05, 0) is 36.4 Å². The number of thiazole rings is 1. The predicted molar refractivity (Wildman–Crippen MR) is 102 cm³/mol. The van der Waals surface area contributed by atoms with Crippen molar-refractivity contribution in [3.05, 3.63) is 96.5 Å². The lowest BCUT2D eigenvalue weighted by molar-refractivity contribution is 1.28. The van der Waals surface area contributed by atoms with E-state index in [1.54, 1.807) is 11.3 Å². The van der Waals surface area contributed by atoms with Gasteiger partial charge in [0.1, 0.15) is 5.01 Å². The minimum Gasteiger partial charge on any atom is -0.310 e. The van der Waals surface area contributed by atoms with Gasteiger partial charge < -0.3 is 4.90 Å². The molecule has 24 heavy (non-hydrogen) atoms. The zero-order valence-corrected chi connectivity index (χ0v) is 13.9. The third kappa shape index (κ3) is 2.82. The Morgan fingerprint density at radius 3 is 1.83 bits per heavy atom. The maximum atomic E-state index is 4.51. The van der Waals surface area contributed by atoms with Gasteiger partial charge in [-0.15, -0.1) is 11.3 Å². The molecule has 4 rings (SSSR count). The summed E-state index contributed by atoms with van der Waals surface area (Å²) in [6.07, 6.45) is 1.85. The number of hydrogen-bond acceptors (Lipinski definition) is 3. The molecule has 3 aromatic carbocycles. The summed E-state index contributed by atoms with van der Waals surface area (Å²) in [4.78, 5) is 6.78. The van der Waals surface area contributed by atoms with Crippen LogP contribution >= 0.6 is 11.3 Å². The monoisotopic (exact) mass is 328 g/mol. The Labute approximate surface area is 145 Å². The summed E-state index contributed by atoms with van der Waals surface area (Å²) in [5, 5.41) is 3.05. The molecule has 0 saturated heterocycles. The van der Waals surface area contributed by atoms with Crippen LogP contribution in [0, 0.1) is 0 Å². The lowest BCUT2D eigenvalue weighted by atomic mass is 10.1. The minimum atomic E-state index is 1.03. The van der Waals surface area contributed by atoms with Crippen molar-refractivity contribution in [2.45, 2.75) is 0 Å². The van der Waals surface area contributed by atoms with E-state index in [-0.39, 0.29) is 0 Å². The second-order valence-electron chi connectivity index (χ2n) is 5.36. The topological polar surface area (TPSA) is 16.1 Å². The third-order valence-corrected chi connectivity index (χ3v) is 4.64. The van der Waals surface area contributed by atoms with Gasteiger partial charge in [0.15, 0.2) is 0 Å². The molecule has 1 heterocycles. The Morgan fingerprint density at radius 1 is 0.667 bits per heavy atom. The molecule has 2 nitrogen and oxygen atoms in total. The Balaban J connectivity index is 1.93. The van der Waals surface area contributed by atoms with Crippen LogP contribution in [0.4, 0.5) is 17.1 Å². The molecular weight excluding hydrogens is 312 g/mol. The fraction of sp³-hybridized carbons (Fsp3) is 0. The van der Waals surface area contributed by atoms with Crippen LogP contribution in [0.15, 0.2) is 96.5 Å². The van der Waals surface area contributed by atoms with E-state index in [0.717, 1.165) is 27.6 Å². The third-order valence-electron chi connectivity index (χ3n) is 3.84. The van der Waals surface area contributed by atoms with E-state index in [4.69, 9.17) is 0 Å². The molecule has 0 fully saturated rings. The highest BCUT2D eigenvalue weighted by atomic mass is 32.1. The van der Waals surface area contributed by atoms with E-state index in [9.17, 15) is 0 Å². The Morgan fingerprint density at radius 2 is 1.25 bits per heavy atom. The average molecular weight is 328 g/mol. The van der Waals surface area contributed by atoms with Crippen LogP contribution in [-0.4, -0.2) is 4.98 Å². The van der Waals surface area contributed by atoms with Gasteiger partial charge >= 0.3 is 0 Å². The van der Waals surface area contributed by atoms with Crippen molar-refractivity contribution in [2.75, 3.05) is 4.90 Å². The molecule has 0 aliphatic heterocycles. The molecule has 1 aromatic heterocycles. The van der Waals surface area contributed by atoms with Gasteiger partial charge in [-0.2, -0.15) is 0 Å². The smallest absolute Gasteiger partial charge is 0.125 e. The van der Waals surface area contributed by atoms with Gasteiger partial charge in [0.05, 0.1) is 5.69 Å². The van der Waals surface area contributed by atoms with Gasteiger partial charge in [-0.1, -0.05) is 48.5 Å². The molecule has 0 saturated carbocycles. The largest absolute Gasteiger partial charge is 0.310 e. The first-order valence-corrected chi connectivity index (χ1v) is 8.70. The highest BCUT2D eigenvalue weighted by molar-refractivity contribution is 7.13. The molecule has 0 amide bonds. The van der Waals surface area contributed by atoms with Crippen molar-refractivity contribution in [1.29, 1.82) is 0 Å². The summed E-state index contributed by atoms with van der Waals surface area (Å²) in [6, 6.07) is 29.3. The first-order chi connectivity index (χ1) is 11.9. The van der Waals surface area contributed by atoms with E-state index >= 15 is 0 Å². The van der Waals surface area contributed by atoms with Crippen molar-refractivity contribution in [2.24, 2.45) is 0 Å². The SMILES string of the molecule is c1ccc(N(c2ccccc2)c2ccccc2-c2nccs2)cc1. The molecule has 3 heteroatoms. The molecule has 116 valence electrons. The zero-order chi connectivity index (χ0) is 16.2. The van der Waals surface area contributed by atoms with Crippen LogP contribution in [0.5, 0.6) is 0 Å². The normalized spacial score (nSPS) is 10.5. The van der Waals surface area contributed by atoms with Crippen molar-refractivity contribution < 1.29 is 0 Å². The number of aromatic nitrogens is 1. The van der Waals surface area contributed by atoms with E-state index in [1.165, 1.54) is 0 Å². The molecule has 0 aliphatic rings. The number of para-hydroxylation sites is 3. The lowest BCUT2D eigenvalue weighted by Crippen LogP contribution is -2.10. The van der Waals surface area contributed by atoms with Crippen LogP contribution in [0.25, 0.3) is 10.6 Å². The lowest BCUT2D eigenvalue weighted by Gasteiger charge is -2.27. The highest BCUT2D eigenvalue weighted by Gasteiger charge is 2.17. The first kappa shape index (κ1) is 14.7. The number of benzene rings is 3. The summed E-state index contributed by atoms with van der Waals surface area (Å²) in [5.41, 5.74) is 4.53. The number of anilines is 3. The minimum absolute atomic E-state index is 1.03. The molecule has 0 spiro atoms. The van der Waals surface area contributed by atoms with Gasteiger partial charge in [0.2, 0.25) is 0 Å². The van der Waals surface area contributed by atoms with Crippen molar-refractivity contribution in [1.82, 2.24) is 4.98 Å². The van der Waals surface area contributed by atoms with E-state index in [1.807, 2.05) is 23.7 Å². The molecule has 0 bridgehead atoms. The first-order valence-electron chi connectivity index (χ1n) is 7.82. The van der Waals surface area contributed by atoms with Crippen LogP contribution in [-0.2, 0) is 0 Å². The molecule has 0 unspecified atom stereocenters. The Hall–Kier alpha value is -2.91. The average Bonchev–Trinajstić information content (AvgIpc) is 3.19. The maximum Gasteiger partial charge on any atom is 0.125 e. The second-order valence-corrected chi connectivity index (χ2v) is 6.26. The fourth-order valence-corrected chi connectivity index (χ4v) is 3.46. The van der Waals surface area contributed by atoms with E-state index in [2.05, 4.69) is 82.7 Å². The molecule has 0 radical (unpaired) electrons. The second kappa shape index (κ2) is 6.69. The van der Waals surface area contributed by atoms with Crippen LogP contribution in [0.3, 0.4) is 0 Å². The highest BCUT2D eigenvalue weighted by Crippen LogP contribution is 2.40. The van der Waals surface area contributed by atoms with Crippen LogP contribution < -0.4 is 4.90 Å². The van der Waals surface area contributed by atoms with Crippen molar-refractivity contribution >= 4 is 28.4 Å².